The van der Waals surface area contributed by atoms with E-state index in [4.69, 9.17) is 13.9 Å². The van der Waals surface area contributed by atoms with Gasteiger partial charge in [-0.2, -0.15) is 17.6 Å². The van der Waals surface area contributed by atoms with E-state index >= 15 is 4.39 Å². The molecule has 52 heavy (non-hydrogen) atoms. The molecule has 15 heteroatoms. The lowest BCUT2D eigenvalue weighted by molar-refractivity contribution is -0.136. The van der Waals surface area contributed by atoms with E-state index in [1.54, 1.807) is 33.8 Å². The van der Waals surface area contributed by atoms with Crippen LogP contribution >= 0.6 is 0 Å². The monoisotopic (exact) mass is 754 g/mol. The third kappa shape index (κ3) is 8.29. The molecule has 1 aromatic carbocycles. The fraction of sp³-hybridized carbons (Fsp3) is 0.595. The number of fused-ring (bicyclic) bond motifs is 1. The van der Waals surface area contributed by atoms with Crippen LogP contribution in [0.3, 0.4) is 0 Å². The van der Waals surface area contributed by atoms with Crippen molar-refractivity contribution in [2.24, 2.45) is 0 Å². The van der Waals surface area contributed by atoms with Crippen molar-refractivity contribution in [1.82, 2.24) is 19.7 Å². The Morgan fingerprint density at radius 2 is 1.73 bits per heavy atom. The fourth-order valence-electron chi connectivity index (χ4n) is 6.76. The quantitative estimate of drug-likeness (QED) is 0.168. The topological polar surface area (TPSA) is 78.7 Å². The lowest BCUT2D eigenvalue weighted by Gasteiger charge is -2.51. The number of ether oxygens (including phenoxy) is 2. The minimum atomic E-state index is -4.87. The highest BCUT2D eigenvalue weighted by atomic mass is 28.4. The molecule has 2 aromatic heterocycles. The first-order valence-electron chi connectivity index (χ1n) is 17.4. The Morgan fingerprint density at radius 1 is 1.08 bits per heavy atom. The van der Waals surface area contributed by atoms with E-state index in [0.717, 1.165) is 10.7 Å². The number of alkyl halides is 5. The minimum Gasteiger partial charge on any atom is -0.491 e. The van der Waals surface area contributed by atoms with Gasteiger partial charge in [-0.05, 0) is 101 Å². The molecule has 0 N–H and O–H groups in total. The number of carbonyl (C=O) groups is 1. The van der Waals surface area contributed by atoms with Crippen LogP contribution in [0.15, 0.2) is 36.5 Å². The molecule has 1 aliphatic heterocycles. The number of aromatic nitrogens is 3. The minimum absolute atomic E-state index is 0.0673. The van der Waals surface area contributed by atoms with Gasteiger partial charge in [-0.3, -0.25) is 14.6 Å². The molecule has 3 heterocycles. The Labute approximate surface area is 301 Å². The summed E-state index contributed by atoms with van der Waals surface area (Å²) in [7, 11) is -2.19. The van der Waals surface area contributed by atoms with Gasteiger partial charge in [-0.1, -0.05) is 32.9 Å². The number of rotatable bonds is 8. The van der Waals surface area contributed by atoms with E-state index in [-0.39, 0.29) is 40.4 Å². The van der Waals surface area contributed by atoms with Gasteiger partial charge in [0, 0.05) is 6.20 Å². The van der Waals surface area contributed by atoms with Gasteiger partial charge in [0.2, 0.25) is 5.95 Å². The van der Waals surface area contributed by atoms with Gasteiger partial charge in [0.1, 0.15) is 23.7 Å². The highest BCUT2D eigenvalue weighted by Gasteiger charge is 2.50. The van der Waals surface area contributed by atoms with Crippen molar-refractivity contribution < 1.29 is 45.0 Å². The molecule has 0 spiro atoms. The zero-order valence-corrected chi connectivity index (χ0v) is 32.3. The average molecular weight is 755 g/mol. The standard InChI is InChI=1S/C37H48F6N4O4Si/c1-21-13-23(22-11-12-29(31(38)39)44-19-22)14-24(46(21)33(48)50-34(2,3)4)20-49-26-15-27-30(28(16-26)37(41,42)43)47(45-32(27)40)25-17-36(8,18-25)51-52(9,10)35(5,6)7/h11-13,15-16,19,21,24-25,31H,14,17-18,20H2,1-10H3/t21-,24-,25?,36?/m0/s1. The first-order chi connectivity index (χ1) is 23.8. The van der Waals surface area contributed by atoms with Gasteiger partial charge in [0.25, 0.3) is 6.43 Å². The molecular weight excluding hydrogens is 707 g/mol. The molecule has 1 saturated carbocycles. The van der Waals surface area contributed by atoms with Crippen LogP contribution in [0.25, 0.3) is 16.5 Å². The first-order valence-corrected chi connectivity index (χ1v) is 20.3. The molecule has 5 rings (SSSR count). The molecule has 8 nitrogen and oxygen atoms in total. The van der Waals surface area contributed by atoms with Crippen LogP contribution in [0.4, 0.5) is 31.1 Å². The van der Waals surface area contributed by atoms with Crippen LogP contribution in [0.1, 0.15) is 104 Å². The molecule has 0 saturated heterocycles. The van der Waals surface area contributed by atoms with Crippen LogP contribution in [0, 0.1) is 5.95 Å². The normalized spacial score (nSPS) is 23.1. The van der Waals surface area contributed by atoms with E-state index in [9.17, 15) is 26.7 Å². The summed E-state index contributed by atoms with van der Waals surface area (Å²) in [4.78, 5) is 18.7. The van der Waals surface area contributed by atoms with Crippen LogP contribution in [0.2, 0.25) is 18.1 Å². The van der Waals surface area contributed by atoms with Crippen LogP contribution < -0.4 is 4.74 Å². The molecule has 1 amide bonds. The van der Waals surface area contributed by atoms with Gasteiger partial charge in [0.05, 0.1) is 40.2 Å². The number of amides is 1. The van der Waals surface area contributed by atoms with Crippen molar-refractivity contribution >= 4 is 30.9 Å². The van der Waals surface area contributed by atoms with Crippen molar-refractivity contribution in [3.05, 3.63) is 59.3 Å². The predicted molar refractivity (Wildman–Crippen MR) is 188 cm³/mol. The van der Waals surface area contributed by atoms with Crippen molar-refractivity contribution in [3.8, 4) is 5.75 Å². The van der Waals surface area contributed by atoms with E-state index in [1.807, 2.05) is 6.92 Å². The molecule has 0 unspecified atom stereocenters. The largest absolute Gasteiger partial charge is 0.491 e. The second kappa shape index (κ2) is 13.7. The molecule has 0 radical (unpaired) electrons. The summed E-state index contributed by atoms with van der Waals surface area (Å²) in [5, 5.41) is 3.54. The second-order valence-corrected chi connectivity index (χ2v) is 21.5. The average Bonchev–Trinajstić information content (AvgIpc) is 3.31. The third-order valence-electron chi connectivity index (χ3n) is 10.2. The molecule has 2 aliphatic rings. The summed E-state index contributed by atoms with van der Waals surface area (Å²) < 4.78 is 105. The fourth-order valence-corrected chi connectivity index (χ4v) is 8.47. The summed E-state index contributed by atoms with van der Waals surface area (Å²) >= 11 is 0. The first kappa shape index (κ1) is 39.6. The number of carbonyl (C=O) groups excluding carboxylic acids is 1. The molecule has 286 valence electrons. The van der Waals surface area contributed by atoms with Gasteiger partial charge in [-0.25, -0.2) is 13.6 Å². The number of hydrogen-bond acceptors (Lipinski definition) is 6. The summed E-state index contributed by atoms with van der Waals surface area (Å²) in [6, 6.07) is 2.91. The van der Waals surface area contributed by atoms with Crippen molar-refractivity contribution in [2.75, 3.05) is 6.61 Å². The summed E-state index contributed by atoms with van der Waals surface area (Å²) in [6.45, 7) is 19.0. The molecular formula is C37H48F6N4O4Si. The molecule has 0 bridgehead atoms. The number of benzene rings is 1. The Kier molecular flexibility index (Phi) is 10.4. The van der Waals surface area contributed by atoms with Crippen LogP contribution in [0.5, 0.6) is 5.75 Å². The SMILES string of the molecule is C[C@H]1C=C(c2ccc(C(F)F)nc2)C[C@@H](COc2cc(C(F)(F)F)c3c(c2)c(F)nn3C2CC(C)(O[Si](C)(C)C(C)(C)C)C2)N1C(=O)OC(C)(C)C. The Balaban J connectivity index is 1.44. The molecule has 1 fully saturated rings. The van der Waals surface area contributed by atoms with Crippen molar-refractivity contribution in [2.45, 2.75) is 135 Å². The lowest BCUT2D eigenvalue weighted by Crippen LogP contribution is -2.54. The Hall–Kier alpha value is -3.59. The maximum Gasteiger partial charge on any atom is 0.418 e. The number of halogens is 6. The lowest BCUT2D eigenvalue weighted by atomic mass is 9.77. The Bertz CT molecular complexity index is 1820. The van der Waals surface area contributed by atoms with Gasteiger partial charge in [0.15, 0.2) is 8.32 Å². The number of hydrogen-bond donors (Lipinski definition) is 0. The van der Waals surface area contributed by atoms with E-state index in [1.165, 1.54) is 29.3 Å². The smallest absolute Gasteiger partial charge is 0.418 e. The zero-order chi connectivity index (χ0) is 38.8. The van der Waals surface area contributed by atoms with E-state index in [2.05, 4.69) is 43.9 Å². The van der Waals surface area contributed by atoms with Gasteiger partial charge < -0.3 is 13.9 Å². The maximum atomic E-state index is 15.5. The van der Waals surface area contributed by atoms with Crippen molar-refractivity contribution in [3.63, 3.8) is 0 Å². The summed E-state index contributed by atoms with van der Waals surface area (Å²) in [5.41, 5.74) is -2.05. The highest BCUT2D eigenvalue weighted by Crippen LogP contribution is 2.51. The highest BCUT2D eigenvalue weighted by molar-refractivity contribution is 6.74. The number of nitrogens with zero attached hydrogens (tertiary/aromatic N) is 4. The molecule has 2 atom stereocenters. The zero-order valence-electron chi connectivity index (χ0n) is 31.3. The second-order valence-electron chi connectivity index (χ2n) is 16.7. The molecule has 3 aromatic rings. The van der Waals surface area contributed by atoms with Gasteiger partial charge >= 0.3 is 12.3 Å². The third-order valence-corrected chi connectivity index (χ3v) is 14.8. The van der Waals surface area contributed by atoms with E-state index in [0.29, 0.717) is 24.0 Å². The Morgan fingerprint density at radius 3 is 2.27 bits per heavy atom. The number of pyridine rings is 1. The van der Waals surface area contributed by atoms with Crippen LogP contribution in [-0.4, -0.2) is 64.0 Å². The van der Waals surface area contributed by atoms with Crippen LogP contribution in [-0.2, 0) is 15.3 Å². The molecule has 1 aliphatic carbocycles. The summed E-state index contributed by atoms with van der Waals surface area (Å²) in [6.07, 6.45) is -4.29. The maximum absolute atomic E-state index is 15.5. The predicted octanol–water partition coefficient (Wildman–Crippen LogP) is 10.5. The van der Waals surface area contributed by atoms with Crippen molar-refractivity contribution in [1.29, 1.82) is 0 Å². The van der Waals surface area contributed by atoms with Gasteiger partial charge in [-0.15, -0.1) is 5.10 Å². The van der Waals surface area contributed by atoms with E-state index < -0.39 is 67.9 Å². The summed E-state index contributed by atoms with van der Waals surface area (Å²) in [5.74, 6) is -1.31.